The van der Waals surface area contributed by atoms with Crippen LogP contribution >= 0.6 is 11.8 Å². The van der Waals surface area contributed by atoms with Crippen LogP contribution in [0.25, 0.3) is 0 Å². The van der Waals surface area contributed by atoms with Crippen LogP contribution in [0.2, 0.25) is 0 Å². The number of ketones is 1. The molecule has 0 aliphatic heterocycles. The van der Waals surface area contributed by atoms with E-state index >= 15 is 0 Å². The van der Waals surface area contributed by atoms with Gasteiger partial charge in [0.1, 0.15) is 5.78 Å². The molecule has 0 spiro atoms. The molecule has 0 aromatic heterocycles. The van der Waals surface area contributed by atoms with Crippen molar-refractivity contribution in [1.82, 2.24) is 0 Å². The number of aliphatic hydroxyl groups is 2. The molecule has 4 rings (SSSR count). The van der Waals surface area contributed by atoms with E-state index in [1.165, 1.54) is 31.0 Å². The molecule has 0 amide bonds. The summed E-state index contributed by atoms with van der Waals surface area (Å²) in [7, 11) is 0. The lowest BCUT2D eigenvalue weighted by molar-refractivity contribution is -0.117. The number of thioether (sulfide) groups is 1. The maximum Gasteiger partial charge on any atom is 0.335 e. The van der Waals surface area contributed by atoms with Crippen molar-refractivity contribution in [2.75, 3.05) is 0 Å². The highest BCUT2D eigenvalue weighted by Gasteiger charge is 2.46. The van der Waals surface area contributed by atoms with Crippen LogP contribution in [-0.2, 0) is 10.5 Å². The Bertz CT molecular complexity index is 825. The third kappa shape index (κ3) is 5.24. The Balaban J connectivity index is 1.33. The first-order chi connectivity index (χ1) is 14.9. The minimum absolute atomic E-state index is 0.0547. The van der Waals surface area contributed by atoms with Gasteiger partial charge in [-0.25, -0.2) is 4.79 Å². The molecule has 3 fully saturated rings. The van der Waals surface area contributed by atoms with E-state index in [9.17, 15) is 19.8 Å². The molecule has 4 atom stereocenters. The smallest absolute Gasteiger partial charge is 0.335 e. The molecule has 3 unspecified atom stereocenters. The number of aromatic carboxylic acids is 1. The van der Waals surface area contributed by atoms with Crippen molar-refractivity contribution in [1.29, 1.82) is 0 Å². The van der Waals surface area contributed by atoms with E-state index in [4.69, 9.17) is 5.11 Å². The van der Waals surface area contributed by atoms with Crippen molar-refractivity contribution < 1.29 is 24.9 Å². The van der Waals surface area contributed by atoms with Gasteiger partial charge in [-0.1, -0.05) is 43.5 Å². The Morgan fingerprint density at radius 3 is 2.52 bits per heavy atom. The van der Waals surface area contributed by atoms with E-state index in [1.807, 2.05) is 12.2 Å². The normalized spacial score (nSPS) is 28.6. The molecule has 168 valence electrons. The minimum atomic E-state index is -0.957. The lowest BCUT2D eigenvalue weighted by Gasteiger charge is -2.46. The highest BCUT2D eigenvalue weighted by atomic mass is 32.2. The SMILES string of the molecule is O=C(O)c1ccc(CSC2C(=O)CC(O)[C@@H]2C=CCC(O)C2(CC3CC3)CCC2)cc1. The number of carbonyl (C=O) groups excluding carboxylic acids is 1. The van der Waals surface area contributed by atoms with E-state index in [0.717, 1.165) is 30.7 Å². The second-order valence-electron chi connectivity index (χ2n) is 9.59. The molecule has 0 bridgehead atoms. The highest BCUT2D eigenvalue weighted by molar-refractivity contribution is 7.99. The molecule has 6 heteroatoms. The van der Waals surface area contributed by atoms with Gasteiger partial charge in [-0.3, -0.25) is 4.79 Å². The van der Waals surface area contributed by atoms with Gasteiger partial charge >= 0.3 is 5.97 Å². The predicted octanol–water partition coefficient (Wildman–Crippen LogP) is 4.21. The Labute approximate surface area is 187 Å². The number of Topliss-reactive ketones (excluding diaryl/α,β-unsaturated/α-hetero) is 1. The average Bonchev–Trinajstić information content (AvgIpc) is 3.49. The first-order valence-corrected chi connectivity index (χ1v) is 12.4. The number of carboxylic acids is 1. The predicted molar refractivity (Wildman–Crippen MR) is 121 cm³/mol. The second kappa shape index (κ2) is 9.47. The summed E-state index contributed by atoms with van der Waals surface area (Å²) in [6.45, 7) is 0. The quantitative estimate of drug-likeness (QED) is 0.468. The molecule has 0 radical (unpaired) electrons. The van der Waals surface area contributed by atoms with Crippen LogP contribution in [0.1, 0.15) is 67.3 Å². The third-order valence-corrected chi connectivity index (χ3v) is 8.75. The number of aliphatic hydroxyl groups excluding tert-OH is 2. The Kier molecular flexibility index (Phi) is 6.89. The van der Waals surface area contributed by atoms with Crippen LogP contribution in [0, 0.1) is 17.3 Å². The summed E-state index contributed by atoms with van der Waals surface area (Å²) in [5, 5.41) is 30.0. The zero-order chi connectivity index (χ0) is 22.0. The van der Waals surface area contributed by atoms with Gasteiger partial charge in [-0.05, 0) is 54.7 Å². The Hall–Kier alpha value is -1.63. The summed E-state index contributed by atoms with van der Waals surface area (Å²) in [5.41, 5.74) is 1.28. The fourth-order valence-corrected chi connectivity index (χ4v) is 6.39. The topological polar surface area (TPSA) is 94.8 Å². The van der Waals surface area contributed by atoms with Crippen LogP contribution in [0.15, 0.2) is 36.4 Å². The Morgan fingerprint density at radius 1 is 1.23 bits per heavy atom. The summed E-state index contributed by atoms with van der Waals surface area (Å²) in [4.78, 5) is 23.4. The van der Waals surface area contributed by atoms with Gasteiger partial charge in [-0.15, -0.1) is 11.8 Å². The zero-order valence-corrected chi connectivity index (χ0v) is 18.6. The number of hydrogen-bond acceptors (Lipinski definition) is 5. The average molecular weight is 445 g/mol. The van der Waals surface area contributed by atoms with Crippen LogP contribution in [-0.4, -0.2) is 44.5 Å². The van der Waals surface area contributed by atoms with E-state index in [0.29, 0.717) is 12.2 Å². The molecule has 5 nitrogen and oxygen atoms in total. The van der Waals surface area contributed by atoms with Crippen LogP contribution in [0.4, 0.5) is 0 Å². The molecule has 1 aromatic rings. The molecule has 31 heavy (non-hydrogen) atoms. The summed E-state index contributed by atoms with van der Waals surface area (Å²) in [6.07, 6.45) is 10.8. The lowest BCUT2D eigenvalue weighted by atomic mass is 9.61. The molecule has 0 heterocycles. The lowest BCUT2D eigenvalue weighted by Crippen LogP contribution is -2.41. The summed E-state index contributed by atoms with van der Waals surface area (Å²) in [5.74, 6) is 0.239. The molecule has 3 N–H and O–H groups in total. The molecule has 1 aromatic carbocycles. The highest BCUT2D eigenvalue weighted by Crippen LogP contribution is 2.53. The van der Waals surface area contributed by atoms with Crippen molar-refractivity contribution in [2.45, 2.75) is 74.6 Å². The van der Waals surface area contributed by atoms with Gasteiger partial charge in [-0.2, -0.15) is 0 Å². The summed E-state index contributed by atoms with van der Waals surface area (Å²) < 4.78 is 0. The third-order valence-electron chi connectivity index (χ3n) is 7.32. The number of rotatable bonds is 10. The fourth-order valence-electron chi connectivity index (χ4n) is 5.05. The monoisotopic (exact) mass is 444 g/mol. The summed E-state index contributed by atoms with van der Waals surface area (Å²) in [6, 6.07) is 6.68. The van der Waals surface area contributed by atoms with E-state index in [-0.39, 0.29) is 40.5 Å². The Morgan fingerprint density at radius 2 is 1.94 bits per heavy atom. The second-order valence-corrected chi connectivity index (χ2v) is 10.7. The van der Waals surface area contributed by atoms with Crippen molar-refractivity contribution in [3.8, 4) is 0 Å². The standard InChI is InChI=1S/C25H32O5S/c26-20-13-21(27)23(31-15-17-7-9-18(10-8-17)24(29)30)19(20)3-1-4-22(28)25(11-2-12-25)14-16-5-6-16/h1,3,7-10,16,19-20,22-23,26,28H,2,4-6,11-15H2,(H,29,30)/t19-,20?,22?,23?/m0/s1. The van der Waals surface area contributed by atoms with Gasteiger partial charge in [0.25, 0.3) is 0 Å². The van der Waals surface area contributed by atoms with Crippen LogP contribution in [0.3, 0.4) is 0 Å². The zero-order valence-electron chi connectivity index (χ0n) is 17.8. The van der Waals surface area contributed by atoms with E-state index < -0.39 is 12.1 Å². The maximum absolute atomic E-state index is 12.5. The van der Waals surface area contributed by atoms with Crippen molar-refractivity contribution in [3.05, 3.63) is 47.5 Å². The molecular weight excluding hydrogens is 412 g/mol. The van der Waals surface area contributed by atoms with E-state index in [2.05, 4.69) is 0 Å². The first-order valence-electron chi connectivity index (χ1n) is 11.4. The van der Waals surface area contributed by atoms with Gasteiger partial charge in [0, 0.05) is 18.1 Å². The van der Waals surface area contributed by atoms with Crippen LogP contribution in [0.5, 0.6) is 0 Å². The number of carboxylic acid groups (broad SMARTS) is 1. The molecule has 3 aliphatic rings. The molecule has 3 saturated carbocycles. The molecule has 3 aliphatic carbocycles. The minimum Gasteiger partial charge on any atom is -0.478 e. The van der Waals surface area contributed by atoms with Crippen LogP contribution < -0.4 is 0 Å². The molecular formula is C25H32O5S. The van der Waals surface area contributed by atoms with Crippen molar-refractivity contribution >= 4 is 23.5 Å². The van der Waals surface area contributed by atoms with Gasteiger partial charge < -0.3 is 15.3 Å². The van der Waals surface area contributed by atoms with E-state index in [1.54, 1.807) is 24.3 Å². The fraction of sp³-hybridized carbons (Fsp3) is 0.600. The van der Waals surface area contributed by atoms with Gasteiger partial charge in [0.15, 0.2) is 0 Å². The number of benzene rings is 1. The maximum atomic E-state index is 12.5. The van der Waals surface area contributed by atoms with Gasteiger partial charge in [0.2, 0.25) is 0 Å². The first kappa shape index (κ1) is 22.6. The van der Waals surface area contributed by atoms with Crippen molar-refractivity contribution in [3.63, 3.8) is 0 Å². The largest absolute Gasteiger partial charge is 0.478 e. The number of carbonyl (C=O) groups is 2. The number of hydrogen-bond donors (Lipinski definition) is 3. The van der Waals surface area contributed by atoms with Gasteiger partial charge in [0.05, 0.1) is 23.0 Å². The molecule has 0 saturated heterocycles. The van der Waals surface area contributed by atoms with Crippen molar-refractivity contribution in [2.24, 2.45) is 17.3 Å². The summed E-state index contributed by atoms with van der Waals surface area (Å²) >= 11 is 1.50.